The molecule has 1 fully saturated rings. The molecule has 0 saturated carbocycles. The first-order valence-corrected chi connectivity index (χ1v) is 12.5. The van der Waals surface area contributed by atoms with Crippen LogP contribution in [0.15, 0.2) is 52.0 Å². The number of benzene rings is 1. The highest BCUT2D eigenvalue weighted by Crippen LogP contribution is 2.17. The van der Waals surface area contributed by atoms with Crippen molar-refractivity contribution in [3.05, 3.63) is 85.5 Å². The standard InChI is InChI=1S/C26H31N3O4S/c1-19-3-5-22(6-4-19)33-17-23-25(26(31)27-16-21-7-14-34-18-21)24(30)15-20(2)29(23)9-8-28-10-12-32-13-11-28/h3-7,14-15,18H,8-13,16-17H2,1-2H3,(H,27,31). The van der Waals surface area contributed by atoms with Gasteiger partial charge in [-0.15, -0.1) is 0 Å². The maximum atomic E-state index is 13.2. The predicted octanol–water partition coefficient (Wildman–Crippen LogP) is 3.37. The second-order valence-electron chi connectivity index (χ2n) is 8.49. The van der Waals surface area contributed by atoms with E-state index in [-0.39, 0.29) is 23.5 Å². The minimum Gasteiger partial charge on any atom is -0.487 e. The first-order chi connectivity index (χ1) is 16.5. The fourth-order valence-corrected chi connectivity index (χ4v) is 4.72. The Kier molecular flexibility index (Phi) is 8.16. The van der Waals surface area contributed by atoms with Gasteiger partial charge in [-0.05, 0) is 48.4 Å². The summed E-state index contributed by atoms with van der Waals surface area (Å²) in [6, 6.07) is 11.3. The third-order valence-corrected chi connectivity index (χ3v) is 6.76. The van der Waals surface area contributed by atoms with E-state index in [1.54, 1.807) is 17.4 Å². The second-order valence-corrected chi connectivity index (χ2v) is 9.27. The lowest BCUT2D eigenvalue weighted by molar-refractivity contribution is 0.0361. The topological polar surface area (TPSA) is 72.8 Å². The molecular weight excluding hydrogens is 450 g/mol. The van der Waals surface area contributed by atoms with E-state index in [0.717, 1.165) is 49.7 Å². The summed E-state index contributed by atoms with van der Waals surface area (Å²) >= 11 is 1.57. The molecule has 8 heteroatoms. The minimum atomic E-state index is -0.376. The van der Waals surface area contributed by atoms with E-state index in [9.17, 15) is 9.59 Å². The Balaban J connectivity index is 1.61. The highest BCUT2D eigenvalue weighted by Gasteiger charge is 2.22. The van der Waals surface area contributed by atoms with Crippen LogP contribution in [0.1, 0.15) is 32.9 Å². The first-order valence-electron chi connectivity index (χ1n) is 11.5. The molecule has 2 aromatic heterocycles. The predicted molar refractivity (Wildman–Crippen MR) is 134 cm³/mol. The molecule has 180 valence electrons. The van der Waals surface area contributed by atoms with Gasteiger partial charge in [-0.25, -0.2) is 0 Å². The average molecular weight is 482 g/mol. The lowest BCUT2D eigenvalue weighted by atomic mass is 10.1. The third-order valence-electron chi connectivity index (χ3n) is 6.03. The highest BCUT2D eigenvalue weighted by molar-refractivity contribution is 7.07. The first kappa shape index (κ1) is 24.2. The van der Waals surface area contributed by atoms with Gasteiger partial charge in [0.15, 0.2) is 5.43 Å². The normalized spacial score (nSPS) is 14.2. The highest BCUT2D eigenvalue weighted by atomic mass is 32.1. The quantitative estimate of drug-likeness (QED) is 0.507. The van der Waals surface area contributed by atoms with Crippen LogP contribution in [-0.4, -0.2) is 48.2 Å². The largest absolute Gasteiger partial charge is 0.487 e. The van der Waals surface area contributed by atoms with Crippen LogP contribution in [-0.2, 0) is 24.4 Å². The maximum absolute atomic E-state index is 13.2. The van der Waals surface area contributed by atoms with Gasteiger partial charge in [0.25, 0.3) is 5.91 Å². The molecule has 3 aromatic rings. The van der Waals surface area contributed by atoms with Gasteiger partial charge in [0.05, 0.1) is 18.9 Å². The van der Waals surface area contributed by atoms with E-state index >= 15 is 0 Å². The zero-order valence-electron chi connectivity index (χ0n) is 19.7. The number of hydrogen-bond acceptors (Lipinski definition) is 6. The number of rotatable bonds is 9. The molecule has 0 bridgehead atoms. The Morgan fingerprint density at radius 3 is 2.59 bits per heavy atom. The number of nitrogens with zero attached hydrogens (tertiary/aromatic N) is 2. The molecular formula is C26H31N3O4S. The van der Waals surface area contributed by atoms with Crippen molar-refractivity contribution < 1.29 is 14.3 Å². The number of thiophene rings is 1. The number of morpholine rings is 1. The summed E-state index contributed by atoms with van der Waals surface area (Å²) in [5, 5.41) is 6.86. The molecule has 3 heterocycles. The van der Waals surface area contributed by atoms with E-state index < -0.39 is 0 Å². The Morgan fingerprint density at radius 1 is 1.12 bits per heavy atom. The summed E-state index contributed by atoms with van der Waals surface area (Å²) < 4.78 is 13.6. The van der Waals surface area contributed by atoms with Crippen LogP contribution in [0.2, 0.25) is 0 Å². The molecule has 34 heavy (non-hydrogen) atoms. The number of amides is 1. The van der Waals surface area contributed by atoms with Gasteiger partial charge < -0.3 is 19.4 Å². The molecule has 0 unspecified atom stereocenters. The lowest BCUT2D eigenvalue weighted by Gasteiger charge is -2.28. The van der Waals surface area contributed by atoms with E-state index in [4.69, 9.17) is 9.47 Å². The molecule has 0 aliphatic carbocycles. The zero-order chi connectivity index (χ0) is 23.9. The van der Waals surface area contributed by atoms with Crippen molar-refractivity contribution in [2.24, 2.45) is 0 Å². The number of pyridine rings is 1. The SMILES string of the molecule is Cc1ccc(OCc2c(C(=O)NCc3ccsc3)c(=O)cc(C)n2CCN2CCOCC2)cc1. The summed E-state index contributed by atoms with van der Waals surface area (Å²) in [4.78, 5) is 28.6. The molecule has 0 spiro atoms. The van der Waals surface area contributed by atoms with Crippen molar-refractivity contribution >= 4 is 17.2 Å². The van der Waals surface area contributed by atoms with Crippen molar-refractivity contribution in [2.45, 2.75) is 33.5 Å². The number of nitrogens with one attached hydrogen (secondary N) is 1. The molecule has 1 saturated heterocycles. The number of carbonyl (C=O) groups is 1. The molecule has 1 aliphatic heterocycles. The molecule has 1 aromatic carbocycles. The smallest absolute Gasteiger partial charge is 0.257 e. The van der Waals surface area contributed by atoms with Crippen molar-refractivity contribution in [2.75, 3.05) is 32.8 Å². The van der Waals surface area contributed by atoms with Gasteiger partial charge in [0, 0.05) is 44.5 Å². The van der Waals surface area contributed by atoms with E-state index in [0.29, 0.717) is 24.5 Å². The Hall–Kier alpha value is -2.94. The number of carbonyl (C=O) groups excluding carboxylic acids is 1. The van der Waals surface area contributed by atoms with Crippen LogP contribution in [0.25, 0.3) is 0 Å². The van der Waals surface area contributed by atoms with E-state index in [1.165, 1.54) is 0 Å². The van der Waals surface area contributed by atoms with E-state index in [2.05, 4.69) is 10.2 Å². The van der Waals surface area contributed by atoms with Gasteiger partial charge in [0.1, 0.15) is 17.9 Å². The van der Waals surface area contributed by atoms with Crippen LogP contribution in [0.3, 0.4) is 0 Å². The van der Waals surface area contributed by atoms with Gasteiger partial charge in [-0.1, -0.05) is 17.7 Å². The summed E-state index contributed by atoms with van der Waals surface area (Å²) in [5.74, 6) is 0.322. The fraction of sp³-hybridized carbons (Fsp3) is 0.385. The van der Waals surface area contributed by atoms with Gasteiger partial charge in [-0.2, -0.15) is 11.3 Å². The maximum Gasteiger partial charge on any atom is 0.257 e. The Morgan fingerprint density at radius 2 is 1.88 bits per heavy atom. The van der Waals surface area contributed by atoms with Gasteiger partial charge in [0.2, 0.25) is 0 Å². The van der Waals surface area contributed by atoms with Crippen molar-refractivity contribution in [3.8, 4) is 5.75 Å². The lowest BCUT2D eigenvalue weighted by Crippen LogP contribution is -2.39. The van der Waals surface area contributed by atoms with Crippen LogP contribution >= 0.6 is 11.3 Å². The fourth-order valence-electron chi connectivity index (χ4n) is 4.05. The molecule has 0 radical (unpaired) electrons. The van der Waals surface area contributed by atoms with Crippen LogP contribution in [0.5, 0.6) is 5.75 Å². The zero-order valence-corrected chi connectivity index (χ0v) is 20.5. The number of hydrogen-bond donors (Lipinski definition) is 1. The van der Waals surface area contributed by atoms with Crippen molar-refractivity contribution in [3.63, 3.8) is 0 Å². The van der Waals surface area contributed by atoms with Crippen LogP contribution in [0.4, 0.5) is 0 Å². The van der Waals surface area contributed by atoms with Crippen molar-refractivity contribution in [1.29, 1.82) is 0 Å². The Bertz CT molecular complexity index is 1150. The average Bonchev–Trinajstić information content (AvgIpc) is 3.36. The second kappa shape index (κ2) is 11.5. The number of aryl methyl sites for hydroxylation is 2. The molecule has 4 rings (SSSR count). The summed E-state index contributed by atoms with van der Waals surface area (Å²) in [7, 11) is 0. The molecule has 0 atom stereocenters. The molecule has 1 N–H and O–H groups in total. The van der Waals surface area contributed by atoms with E-state index in [1.807, 2.05) is 59.5 Å². The summed E-state index contributed by atoms with van der Waals surface area (Å²) in [6.45, 7) is 9.10. The monoisotopic (exact) mass is 481 g/mol. The van der Waals surface area contributed by atoms with Crippen LogP contribution in [0, 0.1) is 13.8 Å². The molecule has 1 aliphatic rings. The number of aromatic nitrogens is 1. The summed E-state index contributed by atoms with van der Waals surface area (Å²) in [6.07, 6.45) is 0. The summed E-state index contributed by atoms with van der Waals surface area (Å²) in [5.41, 5.74) is 3.42. The third kappa shape index (κ3) is 6.14. The van der Waals surface area contributed by atoms with Gasteiger partial charge in [-0.3, -0.25) is 14.5 Å². The van der Waals surface area contributed by atoms with Crippen LogP contribution < -0.4 is 15.5 Å². The Labute approximate surface area is 203 Å². The number of ether oxygens (including phenoxy) is 2. The minimum absolute atomic E-state index is 0.129. The van der Waals surface area contributed by atoms with Gasteiger partial charge >= 0.3 is 0 Å². The van der Waals surface area contributed by atoms with Crippen molar-refractivity contribution in [1.82, 2.24) is 14.8 Å². The molecule has 1 amide bonds. The molecule has 7 nitrogen and oxygen atoms in total.